The first-order valence-corrected chi connectivity index (χ1v) is 11.1. The van der Waals surface area contributed by atoms with Crippen LogP contribution in [0.5, 0.6) is 0 Å². The molecule has 2 rings (SSSR count). The Morgan fingerprint density at radius 3 is 2.00 bits per heavy atom. The Kier molecular flexibility index (Phi) is 5.95. The molecule has 0 radical (unpaired) electrons. The molecule has 4 heteroatoms. The number of benzene rings is 1. The Hall–Kier alpha value is -1.50. The van der Waals surface area contributed by atoms with E-state index in [0.717, 1.165) is 11.3 Å². The molecule has 0 atom stereocenters. The quantitative estimate of drug-likeness (QED) is 0.456. The van der Waals surface area contributed by atoms with Crippen LogP contribution in [0.1, 0.15) is 47.4 Å². The molecule has 0 unspecified atom stereocenters. The molecule has 24 heavy (non-hydrogen) atoms. The van der Waals surface area contributed by atoms with Crippen LogP contribution in [0.25, 0.3) is 11.3 Å². The van der Waals surface area contributed by atoms with Gasteiger partial charge < -0.3 is 4.42 Å². The van der Waals surface area contributed by atoms with E-state index < -0.39 is 8.07 Å². The van der Waals surface area contributed by atoms with E-state index in [4.69, 9.17) is 16.0 Å². The second-order valence-electron chi connectivity index (χ2n) is 7.18. The van der Waals surface area contributed by atoms with Gasteiger partial charge in [-0.2, -0.15) is 0 Å². The minimum absolute atomic E-state index is 0.499. The first-order chi connectivity index (χ1) is 11.3. The molecule has 0 fully saturated rings. The zero-order chi connectivity index (χ0) is 17.9. The monoisotopic (exact) mass is 359 g/mol. The third-order valence-corrected chi connectivity index (χ3v) is 11.4. The fourth-order valence-corrected chi connectivity index (χ4v) is 8.99. The topological polar surface area (TPSA) is 26.0 Å². The van der Waals surface area contributed by atoms with Gasteiger partial charge in [0.15, 0.2) is 5.76 Å². The second kappa shape index (κ2) is 7.59. The van der Waals surface area contributed by atoms with Crippen molar-refractivity contribution >= 4 is 19.7 Å². The van der Waals surface area contributed by atoms with Crippen LogP contribution in [-0.2, 0) is 0 Å². The third kappa shape index (κ3) is 3.76. The number of hydrogen-bond acceptors (Lipinski definition) is 2. The molecular weight excluding hydrogens is 334 g/mol. The Bertz CT molecular complexity index is 713. The van der Waals surface area contributed by atoms with E-state index in [2.05, 4.69) is 58.0 Å². The molecule has 1 heterocycles. The van der Waals surface area contributed by atoms with Crippen molar-refractivity contribution in [3.8, 4) is 22.8 Å². The van der Waals surface area contributed by atoms with Crippen molar-refractivity contribution in [3.05, 3.63) is 41.4 Å². The summed E-state index contributed by atoms with van der Waals surface area (Å²) in [6.07, 6.45) is 1.73. The van der Waals surface area contributed by atoms with Crippen molar-refractivity contribution in [1.82, 2.24) is 4.98 Å². The van der Waals surface area contributed by atoms with Crippen LogP contribution in [0.2, 0.25) is 21.6 Å². The summed E-state index contributed by atoms with van der Waals surface area (Å²) in [5, 5.41) is 0.708. The van der Waals surface area contributed by atoms with E-state index in [-0.39, 0.29) is 0 Å². The van der Waals surface area contributed by atoms with Gasteiger partial charge in [-0.3, -0.25) is 0 Å². The van der Waals surface area contributed by atoms with E-state index in [1.807, 2.05) is 24.3 Å². The summed E-state index contributed by atoms with van der Waals surface area (Å²) in [6.45, 7) is 13.8. The number of oxazole rings is 1. The van der Waals surface area contributed by atoms with E-state index in [9.17, 15) is 0 Å². The average Bonchev–Trinajstić information content (AvgIpc) is 2.96. The molecule has 0 amide bonds. The van der Waals surface area contributed by atoms with Gasteiger partial charge in [0.1, 0.15) is 8.07 Å². The predicted octanol–water partition coefficient (Wildman–Crippen LogP) is 6.56. The lowest BCUT2D eigenvalue weighted by atomic mass is 10.2. The van der Waals surface area contributed by atoms with Gasteiger partial charge >= 0.3 is 0 Å². The summed E-state index contributed by atoms with van der Waals surface area (Å²) in [6, 6.07) is 7.54. The van der Waals surface area contributed by atoms with Gasteiger partial charge in [-0.05, 0) is 46.8 Å². The second-order valence-corrected chi connectivity index (χ2v) is 13.2. The summed E-state index contributed by atoms with van der Waals surface area (Å²) in [7, 11) is -1.77. The van der Waals surface area contributed by atoms with Crippen molar-refractivity contribution in [2.45, 2.75) is 58.2 Å². The summed E-state index contributed by atoms with van der Waals surface area (Å²) >= 11 is 5.93. The van der Waals surface area contributed by atoms with Gasteiger partial charge in [0, 0.05) is 10.6 Å². The summed E-state index contributed by atoms with van der Waals surface area (Å²) < 4.78 is 5.84. The van der Waals surface area contributed by atoms with E-state index in [1.165, 1.54) is 0 Å². The lowest BCUT2D eigenvalue weighted by Crippen LogP contribution is -2.43. The molecule has 2 nitrogen and oxygen atoms in total. The Morgan fingerprint density at radius 2 is 1.50 bits per heavy atom. The minimum Gasteiger partial charge on any atom is -0.430 e. The molecule has 0 aliphatic carbocycles. The van der Waals surface area contributed by atoms with Crippen LogP contribution in [0.3, 0.4) is 0 Å². The van der Waals surface area contributed by atoms with Gasteiger partial charge in [-0.1, -0.05) is 53.1 Å². The normalized spacial score (nSPS) is 11.9. The first-order valence-electron chi connectivity index (χ1n) is 8.52. The average molecular weight is 360 g/mol. The highest BCUT2D eigenvalue weighted by Gasteiger charge is 2.41. The van der Waals surface area contributed by atoms with Crippen molar-refractivity contribution < 1.29 is 4.42 Å². The third-order valence-electron chi connectivity index (χ3n) is 4.89. The summed E-state index contributed by atoms with van der Waals surface area (Å²) in [4.78, 5) is 4.35. The van der Waals surface area contributed by atoms with Gasteiger partial charge in [0.2, 0.25) is 0 Å². The van der Waals surface area contributed by atoms with Crippen molar-refractivity contribution in [2.75, 3.05) is 0 Å². The lowest BCUT2D eigenvalue weighted by Gasteiger charge is -2.37. The molecule has 2 aromatic rings. The molecular formula is C20H26ClNOSi. The maximum Gasteiger partial charge on any atom is 0.273 e. The van der Waals surface area contributed by atoms with Gasteiger partial charge in [-0.15, -0.1) is 5.54 Å². The fraction of sp³-hybridized carbons (Fsp3) is 0.450. The highest BCUT2D eigenvalue weighted by Crippen LogP contribution is 2.40. The molecule has 0 aliphatic heterocycles. The predicted molar refractivity (Wildman–Crippen MR) is 105 cm³/mol. The summed E-state index contributed by atoms with van der Waals surface area (Å²) in [5.74, 6) is 4.46. The molecule has 0 bridgehead atoms. The van der Waals surface area contributed by atoms with Crippen LogP contribution in [0.4, 0.5) is 0 Å². The number of hydrogen-bond donors (Lipinski definition) is 0. The SMILES string of the molecule is CC(C)[Si](C#Cc1ncc(-c2ccc(Cl)cc2)o1)(C(C)C)C(C)C. The maximum absolute atomic E-state index is 5.93. The number of rotatable bonds is 4. The van der Waals surface area contributed by atoms with E-state index in [0.29, 0.717) is 27.5 Å². The van der Waals surface area contributed by atoms with Crippen LogP contribution >= 0.6 is 11.6 Å². The highest BCUT2D eigenvalue weighted by atomic mass is 35.5. The van der Waals surface area contributed by atoms with Crippen molar-refractivity contribution in [3.63, 3.8) is 0 Å². The van der Waals surface area contributed by atoms with Gasteiger partial charge in [0.05, 0.1) is 6.20 Å². The molecule has 0 saturated heterocycles. The standard InChI is InChI=1S/C20H26ClNOSi/c1-14(2)24(15(3)4,16(5)6)12-11-20-22-13-19(23-20)17-7-9-18(21)10-8-17/h7-10,13-16H,1-6H3. The highest BCUT2D eigenvalue weighted by molar-refractivity contribution is 6.90. The maximum atomic E-state index is 5.93. The van der Waals surface area contributed by atoms with Gasteiger partial charge in [-0.25, -0.2) is 4.98 Å². The Balaban J connectivity index is 2.35. The number of halogens is 1. The zero-order valence-electron chi connectivity index (χ0n) is 15.4. The van der Waals surface area contributed by atoms with Crippen LogP contribution in [0.15, 0.2) is 34.9 Å². The fourth-order valence-electron chi connectivity index (χ4n) is 3.67. The van der Waals surface area contributed by atoms with Crippen molar-refractivity contribution in [1.29, 1.82) is 0 Å². The first kappa shape index (κ1) is 18.8. The number of nitrogens with zero attached hydrogens (tertiary/aromatic N) is 1. The molecule has 0 aliphatic rings. The number of aromatic nitrogens is 1. The molecule has 1 aromatic heterocycles. The minimum atomic E-state index is -1.77. The van der Waals surface area contributed by atoms with Crippen LogP contribution in [0, 0.1) is 11.5 Å². The van der Waals surface area contributed by atoms with Gasteiger partial charge in [0.25, 0.3) is 5.89 Å². The zero-order valence-corrected chi connectivity index (χ0v) is 17.1. The molecule has 0 saturated carbocycles. The smallest absolute Gasteiger partial charge is 0.273 e. The molecule has 0 spiro atoms. The van der Waals surface area contributed by atoms with E-state index in [1.54, 1.807) is 6.20 Å². The Morgan fingerprint density at radius 1 is 0.958 bits per heavy atom. The molecule has 1 aromatic carbocycles. The van der Waals surface area contributed by atoms with E-state index >= 15 is 0 Å². The Labute approximate surface area is 151 Å². The molecule has 128 valence electrons. The van der Waals surface area contributed by atoms with Crippen LogP contribution < -0.4 is 0 Å². The summed E-state index contributed by atoms with van der Waals surface area (Å²) in [5.41, 5.74) is 6.37. The molecule has 0 N–H and O–H groups in total. The lowest BCUT2D eigenvalue weighted by molar-refractivity contribution is 0.557. The van der Waals surface area contributed by atoms with Crippen LogP contribution in [-0.4, -0.2) is 13.1 Å². The van der Waals surface area contributed by atoms with Crippen molar-refractivity contribution in [2.24, 2.45) is 0 Å². The largest absolute Gasteiger partial charge is 0.430 e.